The van der Waals surface area contributed by atoms with E-state index in [1.165, 1.54) is 7.11 Å². The van der Waals surface area contributed by atoms with Crippen molar-refractivity contribution in [3.63, 3.8) is 0 Å². The number of hydrogen-bond acceptors (Lipinski definition) is 5. The highest BCUT2D eigenvalue weighted by Gasteiger charge is 2.24. The first kappa shape index (κ1) is 14.4. The van der Waals surface area contributed by atoms with Crippen molar-refractivity contribution in [2.24, 2.45) is 0 Å². The number of rotatable bonds is 5. The highest BCUT2D eigenvalue weighted by atomic mass is 16.5. The molecule has 0 aromatic heterocycles. The average molecular weight is 244 g/mol. The zero-order chi connectivity index (χ0) is 12.8. The van der Waals surface area contributed by atoms with E-state index in [2.05, 4.69) is 24.1 Å². The predicted octanol–water partition coefficient (Wildman–Crippen LogP) is 0.247. The molecule has 17 heavy (non-hydrogen) atoms. The summed E-state index contributed by atoms with van der Waals surface area (Å²) in [5, 5.41) is 2.98. The molecular formula is C12H24N2O3. The Labute approximate surface area is 103 Å². The fourth-order valence-electron chi connectivity index (χ4n) is 2.30. The van der Waals surface area contributed by atoms with E-state index in [9.17, 15) is 4.79 Å². The summed E-state index contributed by atoms with van der Waals surface area (Å²) in [5.41, 5.74) is 0. The topological polar surface area (TPSA) is 50.8 Å². The first-order valence-electron chi connectivity index (χ1n) is 6.19. The van der Waals surface area contributed by atoms with Crippen LogP contribution in [0.5, 0.6) is 0 Å². The van der Waals surface area contributed by atoms with Crippen LogP contribution in [0.25, 0.3) is 0 Å². The predicted molar refractivity (Wildman–Crippen MR) is 65.9 cm³/mol. The van der Waals surface area contributed by atoms with Crippen molar-refractivity contribution in [1.82, 2.24) is 10.2 Å². The van der Waals surface area contributed by atoms with Gasteiger partial charge in [-0.25, -0.2) is 0 Å². The minimum absolute atomic E-state index is 0.193. The van der Waals surface area contributed by atoms with E-state index in [0.29, 0.717) is 0 Å². The number of morpholine rings is 1. The zero-order valence-electron chi connectivity index (χ0n) is 11.2. The van der Waals surface area contributed by atoms with Crippen LogP contribution in [0.2, 0.25) is 0 Å². The van der Waals surface area contributed by atoms with E-state index in [1.54, 1.807) is 7.05 Å². The molecule has 0 aliphatic carbocycles. The number of nitrogens with zero attached hydrogens (tertiary/aromatic N) is 1. The van der Waals surface area contributed by atoms with Gasteiger partial charge in [0, 0.05) is 19.6 Å². The summed E-state index contributed by atoms with van der Waals surface area (Å²) in [6, 6.07) is -0.214. The molecule has 1 aliphatic heterocycles. The first-order chi connectivity index (χ1) is 8.06. The lowest BCUT2D eigenvalue weighted by atomic mass is 10.1. The number of carbonyl (C=O) groups excluding carboxylic acids is 1. The van der Waals surface area contributed by atoms with Crippen LogP contribution in [0.15, 0.2) is 0 Å². The summed E-state index contributed by atoms with van der Waals surface area (Å²) >= 11 is 0. The van der Waals surface area contributed by atoms with Gasteiger partial charge in [-0.05, 0) is 27.3 Å². The Hall–Kier alpha value is -0.650. The van der Waals surface area contributed by atoms with Gasteiger partial charge in [0.1, 0.15) is 6.04 Å². The summed E-state index contributed by atoms with van der Waals surface area (Å²) in [5.74, 6) is -0.193. The van der Waals surface area contributed by atoms with Crippen molar-refractivity contribution in [3.05, 3.63) is 0 Å². The SMILES string of the molecule is CNC(CCN1C[C@@H](C)O[C@@H](C)C1)C(=O)OC. The molecule has 5 nitrogen and oxygen atoms in total. The molecule has 0 aromatic rings. The van der Waals surface area contributed by atoms with Gasteiger partial charge < -0.3 is 14.8 Å². The third kappa shape index (κ3) is 4.61. The number of likely N-dealkylation sites (N-methyl/N-ethyl adjacent to an activating group) is 1. The van der Waals surface area contributed by atoms with Crippen LogP contribution in [0.3, 0.4) is 0 Å². The van der Waals surface area contributed by atoms with Gasteiger partial charge in [-0.1, -0.05) is 0 Å². The molecule has 1 fully saturated rings. The van der Waals surface area contributed by atoms with Crippen LogP contribution < -0.4 is 5.32 Å². The maximum atomic E-state index is 11.4. The molecule has 1 saturated heterocycles. The standard InChI is InChI=1S/C12H24N2O3/c1-9-7-14(8-10(2)17-9)6-5-11(13-3)12(15)16-4/h9-11,13H,5-8H2,1-4H3/t9-,10+,11?. The van der Waals surface area contributed by atoms with Gasteiger partial charge in [-0.3, -0.25) is 9.69 Å². The average Bonchev–Trinajstić information content (AvgIpc) is 2.28. The monoisotopic (exact) mass is 244 g/mol. The highest BCUT2D eigenvalue weighted by molar-refractivity contribution is 5.75. The second-order valence-electron chi connectivity index (χ2n) is 4.67. The van der Waals surface area contributed by atoms with E-state index in [0.717, 1.165) is 26.1 Å². The Morgan fingerprint density at radius 1 is 1.47 bits per heavy atom. The molecule has 1 heterocycles. The molecule has 0 amide bonds. The Morgan fingerprint density at radius 3 is 2.53 bits per heavy atom. The molecule has 3 atom stereocenters. The quantitative estimate of drug-likeness (QED) is 0.702. The third-order valence-corrected chi connectivity index (χ3v) is 3.06. The highest BCUT2D eigenvalue weighted by Crippen LogP contribution is 2.11. The van der Waals surface area contributed by atoms with Gasteiger partial charge in [0.25, 0.3) is 0 Å². The summed E-state index contributed by atoms with van der Waals surface area (Å²) < 4.78 is 10.4. The second-order valence-corrected chi connectivity index (χ2v) is 4.67. The number of methoxy groups -OCH3 is 1. The van der Waals surface area contributed by atoms with E-state index in [1.807, 2.05) is 0 Å². The molecular weight excluding hydrogens is 220 g/mol. The molecule has 1 rings (SSSR count). The summed E-state index contributed by atoms with van der Waals surface area (Å²) in [4.78, 5) is 13.8. The molecule has 0 saturated carbocycles. The third-order valence-electron chi connectivity index (χ3n) is 3.06. The first-order valence-corrected chi connectivity index (χ1v) is 6.19. The van der Waals surface area contributed by atoms with E-state index >= 15 is 0 Å². The van der Waals surface area contributed by atoms with Crippen molar-refractivity contribution < 1.29 is 14.3 Å². The van der Waals surface area contributed by atoms with E-state index < -0.39 is 0 Å². The van der Waals surface area contributed by atoms with Crippen molar-refractivity contribution in [2.75, 3.05) is 33.8 Å². The van der Waals surface area contributed by atoms with E-state index in [-0.39, 0.29) is 24.2 Å². The van der Waals surface area contributed by atoms with Gasteiger partial charge >= 0.3 is 5.97 Å². The van der Waals surface area contributed by atoms with Crippen LogP contribution in [-0.4, -0.2) is 62.9 Å². The maximum absolute atomic E-state index is 11.4. The number of carbonyl (C=O) groups is 1. The molecule has 0 radical (unpaired) electrons. The molecule has 100 valence electrons. The molecule has 5 heteroatoms. The second kappa shape index (κ2) is 6.93. The van der Waals surface area contributed by atoms with Crippen LogP contribution >= 0.6 is 0 Å². The van der Waals surface area contributed by atoms with Gasteiger partial charge in [-0.2, -0.15) is 0 Å². The Bertz CT molecular complexity index is 238. The minimum atomic E-state index is -0.214. The molecule has 0 aromatic carbocycles. The number of ether oxygens (including phenoxy) is 2. The molecule has 1 N–H and O–H groups in total. The number of hydrogen-bond donors (Lipinski definition) is 1. The fraction of sp³-hybridized carbons (Fsp3) is 0.917. The normalized spacial score (nSPS) is 27.8. The molecule has 0 spiro atoms. The van der Waals surface area contributed by atoms with E-state index in [4.69, 9.17) is 9.47 Å². The fourth-order valence-corrected chi connectivity index (χ4v) is 2.30. The lowest BCUT2D eigenvalue weighted by molar-refractivity contribution is -0.143. The van der Waals surface area contributed by atoms with Crippen molar-refractivity contribution >= 4 is 5.97 Å². The van der Waals surface area contributed by atoms with Crippen LogP contribution in [0.1, 0.15) is 20.3 Å². The van der Waals surface area contributed by atoms with Gasteiger partial charge in [-0.15, -0.1) is 0 Å². The summed E-state index contributed by atoms with van der Waals surface area (Å²) in [6.45, 7) is 6.92. The Morgan fingerprint density at radius 2 is 2.06 bits per heavy atom. The zero-order valence-corrected chi connectivity index (χ0v) is 11.2. The van der Waals surface area contributed by atoms with Crippen LogP contribution in [0.4, 0.5) is 0 Å². The summed E-state index contributed by atoms with van der Waals surface area (Å²) in [7, 11) is 3.21. The van der Waals surface area contributed by atoms with Crippen molar-refractivity contribution in [2.45, 2.75) is 38.5 Å². The lowest BCUT2D eigenvalue weighted by Crippen LogP contribution is -2.47. The molecule has 0 bridgehead atoms. The van der Waals surface area contributed by atoms with Crippen molar-refractivity contribution in [1.29, 1.82) is 0 Å². The number of nitrogens with one attached hydrogen (secondary N) is 1. The van der Waals surface area contributed by atoms with Gasteiger partial charge in [0.15, 0.2) is 0 Å². The van der Waals surface area contributed by atoms with Crippen molar-refractivity contribution in [3.8, 4) is 0 Å². The maximum Gasteiger partial charge on any atom is 0.322 e. The Balaban J connectivity index is 2.35. The van der Waals surface area contributed by atoms with Gasteiger partial charge in [0.05, 0.1) is 19.3 Å². The van der Waals surface area contributed by atoms with Gasteiger partial charge in [0.2, 0.25) is 0 Å². The molecule has 1 aliphatic rings. The largest absolute Gasteiger partial charge is 0.468 e. The number of esters is 1. The van der Waals surface area contributed by atoms with Crippen LogP contribution in [0, 0.1) is 0 Å². The molecule has 1 unspecified atom stereocenters. The smallest absolute Gasteiger partial charge is 0.322 e. The summed E-state index contributed by atoms with van der Waals surface area (Å²) in [6.07, 6.45) is 1.30. The lowest BCUT2D eigenvalue weighted by Gasteiger charge is -2.35. The van der Waals surface area contributed by atoms with Crippen LogP contribution in [-0.2, 0) is 14.3 Å². The Kier molecular flexibility index (Phi) is 5.88. The minimum Gasteiger partial charge on any atom is -0.468 e.